The van der Waals surface area contributed by atoms with Crippen LogP contribution in [0.15, 0.2) is 40.9 Å². The minimum absolute atomic E-state index is 0.293. The summed E-state index contributed by atoms with van der Waals surface area (Å²) in [5.74, 6) is 2.83. The second-order valence-electron chi connectivity index (χ2n) is 10.4. The van der Waals surface area contributed by atoms with Crippen LogP contribution < -0.4 is 25.0 Å². The SMILES string of the molecule is COc1cc(C(Nc2ccc(-c3noc(C)n3)cc2)C(N)=S)cc(O[Si](C(C)C)(C(C)C)C(C)C)c1OC. The predicted molar refractivity (Wildman–Crippen MR) is 159 cm³/mol. The van der Waals surface area contributed by atoms with E-state index in [0.29, 0.717) is 50.6 Å². The van der Waals surface area contributed by atoms with E-state index in [2.05, 4.69) is 57.0 Å². The maximum atomic E-state index is 7.04. The van der Waals surface area contributed by atoms with Gasteiger partial charge in [-0.1, -0.05) is 58.9 Å². The first-order valence-electron chi connectivity index (χ1n) is 12.9. The molecule has 0 fully saturated rings. The Kier molecular flexibility index (Phi) is 9.43. The van der Waals surface area contributed by atoms with Gasteiger partial charge in [-0.15, -0.1) is 0 Å². The maximum absolute atomic E-state index is 7.04. The molecule has 0 bridgehead atoms. The Labute approximate surface area is 232 Å². The van der Waals surface area contributed by atoms with Crippen molar-refractivity contribution in [2.75, 3.05) is 19.5 Å². The molecule has 0 aliphatic rings. The van der Waals surface area contributed by atoms with E-state index in [-0.39, 0.29) is 0 Å². The molecule has 0 aliphatic carbocycles. The van der Waals surface area contributed by atoms with Gasteiger partial charge in [0.15, 0.2) is 11.5 Å². The van der Waals surface area contributed by atoms with E-state index in [1.165, 1.54) is 0 Å². The second-order valence-corrected chi connectivity index (χ2v) is 16.2. The summed E-state index contributed by atoms with van der Waals surface area (Å²) in [6.45, 7) is 15.3. The van der Waals surface area contributed by atoms with Crippen LogP contribution in [0.2, 0.25) is 16.6 Å². The number of rotatable bonds is 12. The Bertz CT molecular complexity index is 1220. The van der Waals surface area contributed by atoms with Crippen LogP contribution in [-0.2, 0) is 0 Å². The summed E-state index contributed by atoms with van der Waals surface area (Å²) in [6.07, 6.45) is 0. The van der Waals surface area contributed by atoms with Gasteiger partial charge in [-0.25, -0.2) is 0 Å². The zero-order valence-corrected chi connectivity index (χ0v) is 25.6. The van der Waals surface area contributed by atoms with Gasteiger partial charge < -0.3 is 29.5 Å². The minimum atomic E-state index is -2.29. The molecule has 38 heavy (non-hydrogen) atoms. The number of aryl methyl sites for hydroxylation is 1. The maximum Gasteiger partial charge on any atom is 0.258 e. The van der Waals surface area contributed by atoms with E-state index in [1.54, 1.807) is 21.1 Å². The Morgan fingerprint density at radius 2 is 1.53 bits per heavy atom. The lowest BCUT2D eigenvalue weighted by Crippen LogP contribution is -2.50. The third-order valence-electron chi connectivity index (χ3n) is 7.06. The van der Waals surface area contributed by atoms with Crippen LogP contribution >= 0.6 is 12.2 Å². The number of thiocarbonyl (C=S) groups is 1. The third kappa shape index (κ3) is 5.96. The molecule has 8 nitrogen and oxygen atoms in total. The van der Waals surface area contributed by atoms with Gasteiger partial charge in [-0.05, 0) is 58.6 Å². The van der Waals surface area contributed by atoms with Gasteiger partial charge in [0.2, 0.25) is 17.5 Å². The summed E-state index contributed by atoms with van der Waals surface area (Å²) >= 11 is 5.50. The molecule has 0 amide bonds. The molecule has 0 radical (unpaired) electrons. The monoisotopic (exact) mass is 556 g/mol. The largest absolute Gasteiger partial charge is 0.540 e. The number of hydrogen-bond acceptors (Lipinski definition) is 8. The molecule has 0 aliphatic heterocycles. The summed E-state index contributed by atoms with van der Waals surface area (Å²) in [4.78, 5) is 4.58. The van der Waals surface area contributed by atoms with Gasteiger partial charge in [0.25, 0.3) is 8.32 Å². The molecule has 3 N–H and O–H groups in total. The fourth-order valence-corrected chi connectivity index (χ4v) is 10.8. The van der Waals surface area contributed by atoms with Crippen molar-refractivity contribution in [2.45, 2.75) is 71.1 Å². The van der Waals surface area contributed by atoms with Crippen LogP contribution in [0.5, 0.6) is 17.2 Å². The summed E-state index contributed by atoms with van der Waals surface area (Å²) in [7, 11) is 0.958. The quantitative estimate of drug-likeness (QED) is 0.179. The van der Waals surface area contributed by atoms with Crippen LogP contribution in [0, 0.1) is 6.92 Å². The standard InChI is InChI=1S/C28H40N4O4SSi/c1-16(2)38(17(3)4,18(5)6)36-24-15-21(14-23(33-8)26(24)34-9)25(27(29)37)31-22-12-10-20(11-13-22)28-30-19(7)35-32-28/h10-18,25,31H,1-9H3,(H2,29,37). The van der Waals surface area contributed by atoms with Gasteiger partial charge in [-0.2, -0.15) is 4.98 Å². The Balaban J connectivity index is 2.04. The van der Waals surface area contributed by atoms with Gasteiger partial charge >= 0.3 is 0 Å². The molecular weight excluding hydrogens is 516 g/mol. The van der Waals surface area contributed by atoms with Crippen LogP contribution in [0.3, 0.4) is 0 Å². The van der Waals surface area contributed by atoms with Crippen LogP contribution in [0.1, 0.15) is 59.0 Å². The van der Waals surface area contributed by atoms with Gasteiger partial charge in [0.05, 0.1) is 14.2 Å². The van der Waals surface area contributed by atoms with E-state index in [0.717, 1.165) is 16.8 Å². The first-order valence-corrected chi connectivity index (χ1v) is 15.4. The Morgan fingerprint density at radius 3 is 1.97 bits per heavy atom. The molecule has 3 rings (SSSR count). The first kappa shape index (κ1) is 29.4. The highest BCUT2D eigenvalue weighted by molar-refractivity contribution is 7.80. The number of benzene rings is 2. The highest BCUT2D eigenvalue weighted by Crippen LogP contribution is 2.48. The molecule has 1 aromatic heterocycles. The van der Waals surface area contributed by atoms with Crippen molar-refractivity contribution in [2.24, 2.45) is 5.73 Å². The number of aromatic nitrogens is 2. The van der Waals surface area contributed by atoms with Gasteiger partial charge in [0, 0.05) is 18.2 Å². The third-order valence-corrected chi connectivity index (χ3v) is 13.3. The number of anilines is 1. The van der Waals surface area contributed by atoms with Crippen LogP contribution in [0.4, 0.5) is 5.69 Å². The average Bonchev–Trinajstić information content (AvgIpc) is 3.30. The smallest absolute Gasteiger partial charge is 0.258 e. The molecule has 0 saturated carbocycles. The summed E-state index contributed by atoms with van der Waals surface area (Å²) in [6, 6.07) is 11.1. The molecule has 206 valence electrons. The molecule has 0 saturated heterocycles. The number of nitrogens with zero attached hydrogens (tertiary/aromatic N) is 2. The Morgan fingerprint density at radius 1 is 0.947 bits per heavy atom. The predicted octanol–water partition coefficient (Wildman–Crippen LogP) is 7.06. The lowest BCUT2D eigenvalue weighted by molar-refractivity contribution is 0.338. The van der Waals surface area contributed by atoms with E-state index in [1.807, 2.05) is 36.4 Å². The van der Waals surface area contributed by atoms with Crippen molar-refractivity contribution in [3.63, 3.8) is 0 Å². The number of nitrogens with two attached hydrogens (primary N) is 1. The molecule has 3 aromatic rings. The van der Waals surface area contributed by atoms with Crippen LogP contribution in [-0.4, -0.2) is 37.7 Å². The Hall–Kier alpha value is -3.11. The summed E-state index contributed by atoms with van der Waals surface area (Å²) in [5, 5.41) is 7.43. The second kappa shape index (κ2) is 12.2. The molecule has 1 unspecified atom stereocenters. The molecule has 1 heterocycles. The van der Waals surface area contributed by atoms with Crippen molar-refractivity contribution < 1.29 is 18.4 Å². The number of nitrogens with one attached hydrogen (secondary N) is 1. The number of methoxy groups -OCH3 is 2. The molecule has 1 atom stereocenters. The highest BCUT2D eigenvalue weighted by atomic mass is 32.1. The first-order chi connectivity index (χ1) is 17.9. The van der Waals surface area contributed by atoms with Crippen molar-refractivity contribution in [3.8, 4) is 28.6 Å². The normalized spacial score (nSPS) is 12.6. The number of hydrogen-bond donors (Lipinski definition) is 2. The van der Waals surface area contributed by atoms with Crippen molar-refractivity contribution >= 4 is 31.2 Å². The van der Waals surface area contributed by atoms with Crippen molar-refractivity contribution in [1.29, 1.82) is 0 Å². The van der Waals surface area contributed by atoms with E-state index >= 15 is 0 Å². The zero-order chi connectivity index (χ0) is 28.2. The fraction of sp³-hybridized carbons (Fsp3) is 0.464. The highest BCUT2D eigenvalue weighted by Gasteiger charge is 2.47. The average molecular weight is 557 g/mol. The summed E-state index contributed by atoms with van der Waals surface area (Å²) in [5.41, 5.74) is 9.90. The molecule has 10 heteroatoms. The fourth-order valence-electron chi connectivity index (χ4n) is 5.35. The number of ether oxygens (including phenoxy) is 2. The molecule has 2 aromatic carbocycles. The lowest BCUT2D eigenvalue weighted by atomic mass is 10.0. The summed E-state index contributed by atoms with van der Waals surface area (Å²) < 4.78 is 23.7. The minimum Gasteiger partial charge on any atom is -0.540 e. The molecular formula is C28H40N4O4SSi. The molecule has 0 spiro atoms. The van der Waals surface area contributed by atoms with E-state index in [4.69, 9.17) is 36.4 Å². The van der Waals surface area contributed by atoms with Crippen molar-refractivity contribution in [3.05, 3.63) is 47.9 Å². The van der Waals surface area contributed by atoms with Crippen molar-refractivity contribution in [1.82, 2.24) is 10.1 Å². The van der Waals surface area contributed by atoms with E-state index < -0.39 is 14.4 Å². The van der Waals surface area contributed by atoms with Crippen LogP contribution in [0.25, 0.3) is 11.4 Å². The van der Waals surface area contributed by atoms with Gasteiger partial charge in [-0.3, -0.25) is 0 Å². The topological polar surface area (TPSA) is 105 Å². The van der Waals surface area contributed by atoms with E-state index in [9.17, 15) is 0 Å². The lowest BCUT2D eigenvalue weighted by Gasteiger charge is -2.42. The van der Waals surface area contributed by atoms with Gasteiger partial charge in [0.1, 0.15) is 11.0 Å². The zero-order valence-electron chi connectivity index (χ0n) is 23.8.